The molecule has 2 nitrogen and oxygen atoms in total. The van der Waals surface area contributed by atoms with Crippen molar-refractivity contribution in [2.24, 2.45) is 0 Å². The molecule has 0 aromatic heterocycles. The van der Waals surface area contributed by atoms with Crippen molar-refractivity contribution in [2.75, 3.05) is 12.8 Å². The lowest BCUT2D eigenvalue weighted by Gasteiger charge is -2.09. The minimum absolute atomic E-state index is 0.733. The second kappa shape index (κ2) is 4.75. The maximum Gasteiger partial charge on any atom is 0.144 e. The molecular weight excluding hydrogens is 162 g/mol. The molecule has 13 heavy (non-hydrogen) atoms. The monoisotopic (exact) mass is 179 g/mol. The first kappa shape index (κ1) is 9.90. The zero-order valence-electron chi connectivity index (χ0n) is 8.34. The third-order valence-electron chi connectivity index (χ3n) is 2.13. The number of hydrogen-bond donors (Lipinski definition) is 1. The van der Waals surface area contributed by atoms with Crippen molar-refractivity contribution < 1.29 is 4.74 Å². The fraction of sp³-hybridized carbons (Fsp3) is 0.455. The molecule has 0 aliphatic carbocycles. The van der Waals surface area contributed by atoms with Crippen LogP contribution in [-0.2, 0) is 6.42 Å². The zero-order chi connectivity index (χ0) is 9.68. The molecule has 1 aromatic carbocycles. The van der Waals surface area contributed by atoms with Crippen LogP contribution in [0.25, 0.3) is 0 Å². The van der Waals surface area contributed by atoms with E-state index in [1.165, 1.54) is 18.4 Å². The van der Waals surface area contributed by atoms with Crippen molar-refractivity contribution in [1.29, 1.82) is 0 Å². The Morgan fingerprint density at radius 3 is 2.77 bits per heavy atom. The highest BCUT2D eigenvalue weighted by molar-refractivity contribution is 5.56. The minimum atomic E-state index is 0.733. The summed E-state index contributed by atoms with van der Waals surface area (Å²) in [5.74, 6) is 0.843. The van der Waals surface area contributed by atoms with E-state index < -0.39 is 0 Å². The molecule has 0 heterocycles. The lowest BCUT2D eigenvalue weighted by atomic mass is 10.1. The van der Waals surface area contributed by atoms with Gasteiger partial charge in [-0.15, -0.1) is 0 Å². The normalized spacial score (nSPS) is 10.0. The molecule has 72 valence electrons. The number of para-hydroxylation sites is 1. The van der Waals surface area contributed by atoms with E-state index in [-0.39, 0.29) is 0 Å². The number of benzene rings is 1. The fourth-order valence-electron chi connectivity index (χ4n) is 1.42. The minimum Gasteiger partial charge on any atom is -0.494 e. The smallest absolute Gasteiger partial charge is 0.144 e. The molecule has 0 aliphatic heterocycles. The second-order valence-corrected chi connectivity index (χ2v) is 3.14. The summed E-state index contributed by atoms with van der Waals surface area (Å²) in [4.78, 5) is 0. The Kier molecular flexibility index (Phi) is 3.62. The summed E-state index contributed by atoms with van der Waals surface area (Å²) in [5, 5.41) is 0. The van der Waals surface area contributed by atoms with Crippen LogP contribution < -0.4 is 10.5 Å². The Labute approximate surface area is 79.7 Å². The third-order valence-corrected chi connectivity index (χ3v) is 2.13. The van der Waals surface area contributed by atoms with E-state index in [9.17, 15) is 0 Å². The Balaban J connectivity index is 2.85. The molecule has 0 amide bonds. The molecule has 0 spiro atoms. The van der Waals surface area contributed by atoms with E-state index in [2.05, 4.69) is 13.0 Å². The van der Waals surface area contributed by atoms with Gasteiger partial charge in [-0.25, -0.2) is 0 Å². The van der Waals surface area contributed by atoms with Gasteiger partial charge in [0.25, 0.3) is 0 Å². The Morgan fingerprint density at radius 2 is 2.15 bits per heavy atom. The number of nitrogen functional groups attached to an aromatic ring is 1. The summed E-state index contributed by atoms with van der Waals surface area (Å²) in [6.45, 7) is 2.18. The molecule has 0 saturated carbocycles. The maximum atomic E-state index is 5.78. The Bertz CT molecular complexity index is 271. The highest BCUT2D eigenvalue weighted by Crippen LogP contribution is 2.26. The average molecular weight is 179 g/mol. The maximum absolute atomic E-state index is 5.78. The van der Waals surface area contributed by atoms with Crippen LogP contribution in [0.15, 0.2) is 18.2 Å². The van der Waals surface area contributed by atoms with Crippen molar-refractivity contribution in [2.45, 2.75) is 26.2 Å². The van der Waals surface area contributed by atoms with Gasteiger partial charge in [0, 0.05) is 0 Å². The molecule has 0 aliphatic rings. The highest BCUT2D eigenvalue weighted by Gasteiger charge is 2.04. The van der Waals surface area contributed by atoms with Gasteiger partial charge < -0.3 is 10.5 Å². The number of aryl methyl sites for hydroxylation is 1. The largest absolute Gasteiger partial charge is 0.494 e. The first-order chi connectivity index (χ1) is 6.29. The second-order valence-electron chi connectivity index (χ2n) is 3.14. The van der Waals surface area contributed by atoms with Gasteiger partial charge in [-0.3, -0.25) is 0 Å². The van der Waals surface area contributed by atoms with Crippen LogP contribution in [0.4, 0.5) is 5.69 Å². The van der Waals surface area contributed by atoms with E-state index in [4.69, 9.17) is 10.5 Å². The Morgan fingerprint density at radius 1 is 1.38 bits per heavy atom. The summed E-state index contributed by atoms with van der Waals surface area (Å²) in [5.41, 5.74) is 7.72. The van der Waals surface area contributed by atoms with Crippen LogP contribution >= 0.6 is 0 Å². The first-order valence-electron chi connectivity index (χ1n) is 4.71. The highest BCUT2D eigenvalue weighted by atomic mass is 16.5. The van der Waals surface area contributed by atoms with Crippen LogP contribution in [0, 0.1) is 0 Å². The third kappa shape index (κ3) is 2.38. The molecular formula is C11H17NO. The molecule has 0 fully saturated rings. The van der Waals surface area contributed by atoms with Crippen LogP contribution in [0.5, 0.6) is 5.75 Å². The fourth-order valence-corrected chi connectivity index (χ4v) is 1.42. The summed E-state index contributed by atoms with van der Waals surface area (Å²) in [6.07, 6.45) is 3.42. The number of ether oxygens (including phenoxy) is 1. The molecule has 1 aromatic rings. The molecule has 2 heteroatoms. The molecule has 0 saturated heterocycles. The number of nitrogens with two attached hydrogens (primary N) is 1. The molecule has 0 unspecified atom stereocenters. The van der Waals surface area contributed by atoms with E-state index in [0.717, 1.165) is 17.9 Å². The molecule has 1 rings (SSSR count). The molecule has 2 N–H and O–H groups in total. The van der Waals surface area contributed by atoms with Crippen molar-refractivity contribution in [3.63, 3.8) is 0 Å². The average Bonchev–Trinajstić information content (AvgIpc) is 2.15. The van der Waals surface area contributed by atoms with Gasteiger partial charge in [0.05, 0.1) is 12.8 Å². The van der Waals surface area contributed by atoms with Gasteiger partial charge in [0.1, 0.15) is 5.75 Å². The van der Waals surface area contributed by atoms with Gasteiger partial charge in [-0.1, -0.05) is 25.5 Å². The first-order valence-corrected chi connectivity index (χ1v) is 4.71. The van der Waals surface area contributed by atoms with Crippen molar-refractivity contribution >= 4 is 5.69 Å². The van der Waals surface area contributed by atoms with Crippen LogP contribution in [-0.4, -0.2) is 7.11 Å². The van der Waals surface area contributed by atoms with E-state index >= 15 is 0 Å². The number of methoxy groups -OCH3 is 1. The quantitative estimate of drug-likeness (QED) is 0.721. The standard InChI is InChI=1S/C11H17NO/c1-3-4-6-9-7-5-8-10(12)11(9)13-2/h5,7-8H,3-4,6,12H2,1-2H3. The topological polar surface area (TPSA) is 35.2 Å². The Hall–Kier alpha value is -1.18. The van der Waals surface area contributed by atoms with Gasteiger partial charge in [-0.2, -0.15) is 0 Å². The summed E-state index contributed by atoms with van der Waals surface area (Å²) in [6, 6.07) is 5.92. The number of anilines is 1. The summed E-state index contributed by atoms with van der Waals surface area (Å²) < 4.78 is 5.25. The lowest BCUT2D eigenvalue weighted by molar-refractivity contribution is 0.411. The zero-order valence-corrected chi connectivity index (χ0v) is 8.34. The van der Waals surface area contributed by atoms with Crippen LogP contribution in [0.1, 0.15) is 25.3 Å². The lowest BCUT2D eigenvalue weighted by Crippen LogP contribution is -1.97. The number of unbranched alkanes of at least 4 members (excludes halogenated alkanes) is 1. The predicted octanol–water partition coefficient (Wildman–Crippen LogP) is 2.62. The molecule has 0 atom stereocenters. The number of hydrogen-bond acceptors (Lipinski definition) is 2. The van der Waals surface area contributed by atoms with Crippen molar-refractivity contribution in [3.8, 4) is 5.75 Å². The van der Waals surface area contributed by atoms with Crippen LogP contribution in [0.3, 0.4) is 0 Å². The van der Waals surface area contributed by atoms with Crippen LogP contribution in [0.2, 0.25) is 0 Å². The predicted molar refractivity (Wildman–Crippen MR) is 56.0 cm³/mol. The van der Waals surface area contributed by atoms with Gasteiger partial charge in [0.2, 0.25) is 0 Å². The van der Waals surface area contributed by atoms with Gasteiger partial charge in [0.15, 0.2) is 0 Å². The number of rotatable bonds is 4. The SMILES string of the molecule is CCCCc1cccc(N)c1OC. The van der Waals surface area contributed by atoms with Gasteiger partial charge in [-0.05, 0) is 24.5 Å². The van der Waals surface area contributed by atoms with Crippen molar-refractivity contribution in [1.82, 2.24) is 0 Å². The van der Waals surface area contributed by atoms with E-state index in [0.29, 0.717) is 0 Å². The summed E-state index contributed by atoms with van der Waals surface area (Å²) in [7, 11) is 1.67. The van der Waals surface area contributed by atoms with Gasteiger partial charge >= 0.3 is 0 Å². The molecule has 0 radical (unpaired) electrons. The summed E-state index contributed by atoms with van der Waals surface area (Å²) >= 11 is 0. The van der Waals surface area contributed by atoms with E-state index in [1.54, 1.807) is 7.11 Å². The molecule has 0 bridgehead atoms. The van der Waals surface area contributed by atoms with E-state index in [1.807, 2.05) is 12.1 Å². The van der Waals surface area contributed by atoms with Crippen molar-refractivity contribution in [3.05, 3.63) is 23.8 Å².